The SMILES string of the molecule is CC(C)(O)CN=CC(C=N)c1cc(C(=N)c2cccc(N3CCNCC3)n2)c(N)cn1. The molecule has 1 aliphatic rings. The molecule has 1 fully saturated rings. The molecule has 6 N–H and O–H groups in total. The Kier molecular flexibility index (Phi) is 7.09. The third-order valence-corrected chi connectivity index (χ3v) is 4.92. The highest BCUT2D eigenvalue weighted by atomic mass is 16.3. The third-order valence-electron chi connectivity index (χ3n) is 4.92. The van der Waals surface area contributed by atoms with Gasteiger partial charge in [-0.15, -0.1) is 0 Å². The van der Waals surface area contributed by atoms with Crippen molar-refractivity contribution in [3.05, 3.63) is 47.4 Å². The number of rotatable bonds is 8. The second kappa shape index (κ2) is 9.76. The second-order valence-electron chi connectivity index (χ2n) is 8.18. The van der Waals surface area contributed by atoms with E-state index >= 15 is 0 Å². The van der Waals surface area contributed by atoms with Gasteiger partial charge in [0.05, 0.1) is 47.0 Å². The van der Waals surface area contributed by atoms with Gasteiger partial charge in [0.1, 0.15) is 5.82 Å². The normalized spacial score (nSPS) is 15.8. The van der Waals surface area contributed by atoms with Crippen LogP contribution in [-0.2, 0) is 0 Å². The summed E-state index contributed by atoms with van der Waals surface area (Å²) >= 11 is 0. The highest BCUT2D eigenvalue weighted by Crippen LogP contribution is 2.21. The van der Waals surface area contributed by atoms with Crippen molar-refractivity contribution >= 4 is 29.6 Å². The van der Waals surface area contributed by atoms with Gasteiger partial charge in [-0.1, -0.05) is 6.07 Å². The molecule has 1 unspecified atom stereocenters. The van der Waals surface area contributed by atoms with E-state index in [0.29, 0.717) is 22.6 Å². The first-order chi connectivity index (χ1) is 14.8. The lowest BCUT2D eigenvalue weighted by atomic mass is 10.0. The fraction of sp³-hybridized carbons (Fsp3) is 0.409. The molecule has 0 aliphatic carbocycles. The number of nitrogen functional groups attached to an aromatic ring is 1. The molecule has 2 aromatic rings. The van der Waals surface area contributed by atoms with Crippen molar-refractivity contribution in [1.82, 2.24) is 15.3 Å². The monoisotopic (exact) mass is 422 g/mol. The molecule has 1 atom stereocenters. The van der Waals surface area contributed by atoms with Crippen molar-refractivity contribution in [3.63, 3.8) is 0 Å². The number of nitrogens with two attached hydrogens (primary N) is 1. The Morgan fingerprint density at radius 2 is 2.13 bits per heavy atom. The van der Waals surface area contributed by atoms with Crippen molar-refractivity contribution in [1.29, 1.82) is 10.8 Å². The van der Waals surface area contributed by atoms with Gasteiger partial charge in [-0.25, -0.2) is 4.98 Å². The summed E-state index contributed by atoms with van der Waals surface area (Å²) in [5.74, 6) is 0.363. The Hall–Kier alpha value is -3.17. The number of hydrogen-bond donors (Lipinski definition) is 5. The zero-order chi connectivity index (χ0) is 22.4. The van der Waals surface area contributed by atoms with Gasteiger partial charge in [-0.2, -0.15) is 0 Å². The number of hydrogen-bond acceptors (Lipinski definition) is 9. The number of nitrogens with one attached hydrogen (secondary N) is 3. The van der Waals surface area contributed by atoms with Crippen molar-refractivity contribution in [2.45, 2.75) is 25.4 Å². The molecular weight excluding hydrogens is 392 g/mol. The second-order valence-corrected chi connectivity index (χ2v) is 8.18. The molecule has 0 saturated carbocycles. The maximum atomic E-state index is 9.82. The number of anilines is 2. The molecule has 31 heavy (non-hydrogen) atoms. The minimum atomic E-state index is -0.925. The Morgan fingerprint density at radius 1 is 1.39 bits per heavy atom. The molecule has 9 nitrogen and oxygen atoms in total. The summed E-state index contributed by atoms with van der Waals surface area (Å²) in [6, 6.07) is 7.36. The predicted molar refractivity (Wildman–Crippen MR) is 125 cm³/mol. The first-order valence-corrected chi connectivity index (χ1v) is 10.3. The van der Waals surface area contributed by atoms with Crippen LogP contribution >= 0.6 is 0 Å². The summed E-state index contributed by atoms with van der Waals surface area (Å²) in [5, 5.41) is 29.6. The maximum absolute atomic E-state index is 9.82. The predicted octanol–water partition coefficient (Wildman–Crippen LogP) is 1.46. The number of piperazine rings is 1. The molecule has 0 spiro atoms. The van der Waals surface area contributed by atoms with Crippen LogP contribution in [0.5, 0.6) is 0 Å². The van der Waals surface area contributed by atoms with Crippen LogP contribution in [0.4, 0.5) is 11.5 Å². The largest absolute Gasteiger partial charge is 0.397 e. The van der Waals surface area contributed by atoms with E-state index in [2.05, 4.69) is 25.2 Å². The summed E-state index contributed by atoms with van der Waals surface area (Å²) in [4.78, 5) is 15.4. The summed E-state index contributed by atoms with van der Waals surface area (Å²) in [6.45, 7) is 7.12. The standard InChI is InChI=1S/C22H30N8O/c1-22(2,31)14-27-12-15(11-23)19-10-16(17(24)13-28-19)21(25)18-4-3-5-20(29-18)30-8-6-26-7-9-30/h3-5,10-13,15,23,25-26,31H,6-9,14,24H2,1-2H3. The van der Waals surface area contributed by atoms with Gasteiger partial charge in [-0.05, 0) is 32.0 Å². The minimum Gasteiger partial charge on any atom is -0.397 e. The highest BCUT2D eigenvalue weighted by Gasteiger charge is 2.18. The molecule has 0 bridgehead atoms. The lowest BCUT2D eigenvalue weighted by Gasteiger charge is -2.28. The number of pyridine rings is 2. The fourth-order valence-corrected chi connectivity index (χ4v) is 3.25. The Morgan fingerprint density at radius 3 is 2.81 bits per heavy atom. The molecule has 0 amide bonds. The lowest BCUT2D eigenvalue weighted by Crippen LogP contribution is -2.44. The molecular formula is C22H30N8O. The summed E-state index contributed by atoms with van der Waals surface area (Å²) in [5.41, 5.74) is 7.39. The van der Waals surface area contributed by atoms with E-state index in [0.717, 1.165) is 32.0 Å². The average Bonchev–Trinajstić information content (AvgIpc) is 2.77. The van der Waals surface area contributed by atoms with Crippen LogP contribution in [0.15, 0.2) is 35.5 Å². The van der Waals surface area contributed by atoms with Gasteiger partial charge < -0.3 is 26.5 Å². The molecule has 2 aromatic heterocycles. The summed E-state index contributed by atoms with van der Waals surface area (Å²) in [7, 11) is 0. The van der Waals surface area contributed by atoms with E-state index < -0.39 is 11.5 Å². The fourth-order valence-electron chi connectivity index (χ4n) is 3.25. The van der Waals surface area contributed by atoms with Crippen LogP contribution in [0, 0.1) is 10.8 Å². The van der Waals surface area contributed by atoms with E-state index in [4.69, 9.17) is 16.6 Å². The molecule has 1 saturated heterocycles. The first kappa shape index (κ1) is 22.5. The topological polar surface area (TPSA) is 147 Å². The van der Waals surface area contributed by atoms with Crippen LogP contribution in [0.3, 0.4) is 0 Å². The highest BCUT2D eigenvalue weighted by molar-refractivity contribution is 6.13. The number of aromatic nitrogens is 2. The maximum Gasteiger partial charge on any atom is 0.129 e. The van der Waals surface area contributed by atoms with Gasteiger partial charge in [0.15, 0.2) is 0 Å². The zero-order valence-corrected chi connectivity index (χ0v) is 18.0. The Labute approximate surface area is 182 Å². The molecule has 0 radical (unpaired) electrons. The van der Waals surface area contributed by atoms with E-state index in [-0.39, 0.29) is 12.3 Å². The molecule has 9 heteroatoms. The van der Waals surface area contributed by atoms with Gasteiger partial charge in [-0.3, -0.25) is 15.4 Å². The van der Waals surface area contributed by atoms with Crippen LogP contribution in [0.25, 0.3) is 0 Å². The van der Waals surface area contributed by atoms with Crippen molar-refractivity contribution < 1.29 is 5.11 Å². The quantitative estimate of drug-likeness (QED) is 0.407. The summed E-state index contributed by atoms with van der Waals surface area (Å²) < 4.78 is 0. The average molecular weight is 423 g/mol. The van der Waals surface area contributed by atoms with Crippen LogP contribution in [0.2, 0.25) is 0 Å². The van der Waals surface area contributed by atoms with E-state index in [1.54, 1.807) is 32.2 Å². The van der Waals surface area contributed by atoms with E-state index in [1.165, 1.54) is 12.4 Å². The smallest absolute Gasteiger partial charge is 0.129 e. The van der Waals surface area contributed by atoms with Crippen LogP contribution in [0.1, 0.15) is 36.7 Å². The third kappa shape index (κ3) is 5.93. The Bertz CT molecular complexity index is 960. The van der Waals surface area contributed by atoms with Crippen molar-refractivity contribution in [3.8, 4) is 0 Å². The van der Waals surface area contributed by atoms with E-state index in [9.17, 15) is 5.11 Å². The molecule has 0 aromatic carbocycles. The van der Waals surface area contributed by atoms with Crippen molar-refractivity contribution in [2.24, 2.45) is 4.99 Å². The number of nitrogens with zero attached hydrogens (tertiary/aromatic N) is 4. The molecule has 1 aliphatic heterocycles. The minimum absolute atomic E-state index is 0.204. The van der Waals surface area contributed by atoms with Crippen molar-refractivity contribution in [2.75, 3.05) is 43.4 Å². The summed E-state index contributed by atoms with van der Waals surface area (Å²) in [6.07, 6.45) is 4.31. The molecule has 3 heterocycles. The lowest BCUT2D eigenvalue weighted by molar-refractivity contribution is 0.0905. The molecule has 164 valence electrons. The van der Waals surface area contributed by atoms with Crippen LogP contribution < -0.4 is 16.0 Å². The van der Waals surface area contributed by atoms with E-state index in [1.807, 2.05) is 12.1 Å². The van der Waals surface area contributed by atoms with Gasteiger partial charge in [0.25, 0.3) is 0 Å². The van der Waals surface area contributed by atoms with Gasteiger partial charge >= 0.3 is 0 Å². The van der Waals surface area contributed by atoms with Crippen LogP contribution in [-0.4, -0.2) is 71.5 Å². The molecule has 3 rings (SSSR count). The number of aliphatic hydroxyl groups is 1. The zero-order valence-electron chi connectivity index (χ0n) is 18.0. The Balaban J connectivity index is 1.85. The van der Waals surface area contributed by atoms with Gasteiger partial charge in [0, 0.05) is 44.2 Å². The first-order valence-electron chi connectivity index (χ1n) is 10.3. The van der Waals surface area contributed by atoms with Gasteiger partial charge in [0.2, 0.25) is 0 Å². The number of aliphatic imine (C=N–C) groups is 1.